The number of aromatic nitrogens is 2. The Bertz CT molecular complexity index is 1180. The van der Waals surface area contributed by atoms with Gasteiger partial charge in [0.05, 0.1) is 11.3 Å². The molecular weight excluding hydrogens is 320 g/mol. The van der Waals surface area contributed by atoms with Gasteiger partial charge in [-0.15, -0.1) is 0 Å². The van der Waals surface area contributed by atoms with E-state index < -0.39 is 0 Å². The van der Waals surface area contributed by atoms with E-state index in [9.17, 15) is 4.79 Å². The van der Waals surface area contributed by atoms with Crippen LogP contribution in [0.15, 0.2) is 77.6 Å². The van der Waals surface area contributed by atoms with Crippen molar-refractivity contribution in [2.45, 2.75) is 12.3 Å². The van der Waals surface area contributed by atoms with Crippen molar-refractivity contribution in [1.29, 1.82) is 0 Å². The van der Waals surface area contributed by atoms with Crippen LogP contribution in [0.25, 0.3) is 22.4 Å². The lowest BCUT2D eigenvalue weighted by Crippen LogP contribution is -2.16. The van der Waals surface area contributed by atoms with Gasteiger partial charge in [0.25, 0.3) is 5.56 Å². The second kappa shape index (κ2) is 5.88. The van der Waals surface area contributed by atoms with Gasteiger partial charge in [-0.05, 0) is 46.0 Å². The third kappa shape index (κ3) is 2.40. The molecule has 126 valence electrons. The van der Waals surface area contributed by atoms with Crippen molar-refractivity contribution in [3.8, 4) is 0 Å². The molecule has 1 atom stereocenters. The molecule has 3 nitrogen and oxygen atoms in total. The number of nitrogens with one attached hydrogen (secondary N) is 2. The molecule has 0 aliphatic heterocycles. The van der Waals surface area contributed by atoms with E-state index in [1.807, 2.05) is 18.2 Å². The van der Waals surface area contributed by atoms with Crippen LogP contribution in [0.5, 0.6) is 0 Å². The minimum Gasteiger partial charge on any atom is -0.298 e. The van der Waals surface area contributed by atoms with Crippen LogP contribution in [0.1, 0.15) is 34.7 Å². The van der Waals surface area contributed by atoms with Crippen molar-refractivity contribution in [3.63, 3.8) is 0 Å². The summed E-state index contributed by atoms with van der Waals surface area (Å²) in [6.07, 6.45) is 2.92. The average molecular weight is 338 g/mol. The number of hydrogen-bond acceptors (Lipinski definition) is 1. The Hall–Kier alpha value is -3.33. The van der Waals surface area contributed by atoms with Gasteiger partial charge in [0.1, 0.15) is 0 Å². The molecule has 26 heavy (non-hydrogen) atoms. The summed E-state index contributed by atoms with van der Waals surface area (Å²) >= 11 is 0. The van der Waals surface area contributed by atoms with Gasteiger partial charge in [0.15, 0.2) is 0 Å². The summed E-state index contributed by atoms with van der Waals surface area (Å²) < 4.78 is 0. The highest BCUT2D eigenvalue weighted by Crippen LogP contribution is 2.40. The first-order chi connectivity index (χ1) is 12.8. The average Bonchev–Trinajstić information content (AvgIpc) is 3.08. The van der Waals surface area contributed by atoms with E-state index in [1.54, 1.807) is 0 Å². The molecule has 1 aliphatic carbocycles. The summed E-state index contributed by atoms with van der Waals surface area (Å²) in [5, 5.41) is 8.27. The highest BCUT2D eigenvalue weighted by molar-refractivity contribution is 5.91. The highest BCUT2D eigenvalue weighted by atomic mass is 16.1. The van der Waals surface area contributed by atoms with Gasteiger partial charge < -0.3 is 0 Å². The zero-order valence-electron chi connectivity index (χ0n) is 14.2. The fourth-order valence-electron chi connectivity index (χ4n) is 3.96. The molecule has 0 fully saturated rings. The first-order valence-electron chi connectivity index (χ1n) is 8.85. The molecular formula is C23H18N2O. The van der Waals surface area contributed by atoms with Crippen LogP contribution in [0.3, 0.4) is 0 Å². The number of hydrogen-bond donors (Lipinski definition) is 2. The molecule has 0 saturated heterocycles. The van der Waals surface area contributed by atoms with Gasteiger partial charge in [-0.3, -0.25) is 15.0 Å². The lowest BCUT2D eigenvalue weighted by molar-refractivity contribution is 0.825. The standard InChI is InChI=1S/C23H18N2O/c26-23-22-20(16-7-2-1-3-8-16)13-19(14-21(22)24-25-23)18-11-10-15-6-4-5-9-17(15)12-18/h1-12,14,20H,13H2,(H2,24,25,26). The third-order valence-corrected chi connectivity index (χ3v) is 5.26. The summed E-state index contributed by atoms with van der Waals surface area (Å²) in [6, 6.07) is 25.2. The molecule has 1 unspecified atom stereocenters. The largest absolute Gasteiger partial charge is 0.298 e. The monoisotopic (exact) mass is 338 g/mol. The minimum absolute atomic E-state index is 0.0253. The van der Waals surface area contributed by atoms with Crippen molar-refractivity contribution in [1.82, 2.24) is 10.2 Å². The second-order valence-electron chi connectivity index (χ2n) is 6.81. The topological polar surface area (TPSA) is 48.6 Å². The number of benzene rings is 3. The summed E-state index contributed by atoms with van der Waals surface area (Å²) in [5.41, 5.74) is 5.32. The van der Waals surface area contributed by atoms with E-state index in [-0.39, 0.29) is 11.5 Å². The number of H-pyrrole nitrogens is 2. The molecule has 2 N–H and O–H groups in total. The fourth-order valence-corrected chi connectivity index (χ4v) is 3.96. The number of aromatic amines is 2. The molecule has 1 aromatic heterocycles. The Labute approximate surface area is 151 Å². The Kier molecular flexibility index (Phi) is 3.39. The van der Waals surface area contributed by atoms with Crippen LogP contribution in [0.4, 0.5) is 0 Å². The Morgan fingerprint density at radius 2 is 1.58 bits per heavy atom. The molecule has 0 spiro atoms. The first-order valence-corrected chi connectivity index (χ1v) is 8.85. The van der Waals surface area contributed by atoms with Crippen LogP contribution in [0.2, 0.25) is 0 Å². The van der Waals surface area contributed by atoms with Crippen molar-refractivity contribution >= 4 is 22.4 Å². The van der Waals surface area contributed by atoms with Crippen molar-refractivity contribution in [2.24, 2.45) is 0 Å². The van der Waals surface area contributed by atoms with Gasteiger partial charge >= 0.3 is 0 Å². The summed E-state index contributed by atoms with van der Waals surface area (Å²) in [7, 11) is 0. The summed E-state index contributed by atoms with van der Waals surface area (Å²) in [6.45, 7) is 0. The quantitative estimate of drug-likeness (QED) is 0.535. The Morgan fingerprint density at radius 3 is 2.42 bits per heavy atom. The van der Waals surface area contributed by atoms with Crippen molar-refractivity contribution in [2.75, 3.05) is 0 Å². The molecule has 0 radical (unpaired) electrons. The molecule has 0 amide bonds. The van der Waals surface area contributed by atoms with E-state index in [0.717, 1.165) is 17.7 Å². The zero-order valence-corrected chi connectivity index (χ0v) is 14.2. The maximum absolute atomic E-state index is 12.3. The molecule has 3 aromatic carbocycles. The van der Waals surface area contributed by atoms with Crippen LogP contribution >= 0.6 is 0 Å². The highest BCUT2D eigenvalue weighted by Gasteiger charge is 2.27. The van der Waals surface area contributed by atoms with Crippen molar-refractivity contribution < 1.29 is 0 Å². The van der Waals surface area contributed by atoms with E-state index in [2.05, 4.69) is 70.9 Å². The fraction of sp³-hybridized carbons (Fsp3) is 0.0870. The Balaban J connectivity index is 1.65. The first kappa shape index (κ1) is 15.0. The SMILES string of the molecule is O=c1[nH][nH]c2c1C(c1ccccc1)CC(c1ccc3ccccc3c1)=C2. The lowest BCUT2D eigenvalue weighted by Gasteiger charge is -2.23. The normalized spacial score (nSPS) is 16.3. The molecule has 1 aliphatic rings. The summed E-state index contributed by atoms with van der Waals surface area (Å²) in [4.78, 5) is 12.3. The van der Waals surface area contributed by atoms with Gasteiger partial charge in [-0.2, -0.15) is 0 Å². The zero-order chi connectivity index (χ0) is 17.5. The number of allylic oxidation sites excluding steroid dienone is 1. The minimum atomic E-state index is -0.0253. The smallest absolute Gasteiger partial charge is 0.268 e. The van der Waals surface area contributed by atoms with Gasteiger partial charge in [0, 0.05) is 5.92 Å². The summed E-state index contributed by atoms with van der Waals surface area (Å²) in [5.74, 6) is 0.0627. The van der Waals surface area contributed by atoms with Crippen LogP contribution in [-0.2, 0) is 0 Å². The van der Waals surface area contributed by atoms with Gasteiger partial charge in [0.2, 0.25) is 0 Å². The van der Waals surface area contributed by atoms with Crippen molar-refractivity contribution in [3.05, 3.63) is 106 Å². The number of rotatable bonds is 2. The predicted molar refractivity (Wildman–Crippen MR) is 106 cm³/mol. The van der Waals surface area contributed by atoms with Crippen LogP contribution < -0.4 is 5.56 Å². The van der Waals surface area contributed by atoms with E-state index in [4.69, 9.17) is 0 Å². The van der Waals surface area contributed by atoms with Crippen LogP contribution in [0, 0.1) is 0 Å². The molecule has 3 heteroatoms. The Morgan fingerprint density at radius 1 is 0.808 bits per heavy atom. The number of fused-ring (bicyclic) bond motifs is 2. The maximum Gasteiger partial charge on any atom is 0.268 e. The molecule has 1 heterocycles. The lowest BCUT2D eigenvalue weighted by atomic mass is 9.80. The third-order valence-electron chi connectivity index (χ3n) is 5.26. The van der Waals surface area contributed by atoms with E-state index in [1.165, 1.54) is 27.5 Å². The molecule has 5 rings (SSSR count). The predicted octanol–water partition coefficient (Wildman–Crippen LogP) is 4.93. The maximum atomic E-state index is 12.3. The molecule has 0 bridgehead atoms. The molecule has 0 saturated carbocycles. The van der Waals surface area contributed by atoms with E-state index in [0.29, 0.717) is 0 Å². The van der Waals surface area contributed by atoms with Gasteiger partial charge in [-0.25, -0.2) is 0 Å². The molecule has 4 aromatic rings. The van der Waals surface area contributed by atoms with E-state index >= 15 is 0 Å². The van der Waals surface area contributed by atoms with Crippen LogP contribution in [-0.4, -0.2) is 10.2 Å². The van der Waals surface area contributed by atoms with Gasteiger partial charge in [-0.1, -0.05) is 66.7 Å². The second-order valence-corrected chi connectivity index (χ2v) is 6.81.